The second kappa shape index (κ2) is 6.07. The van der Waals surface area contributed by atoms with Crippen molar-refractivity contribution in [3.05, 3.63) is 0 Å². The van der Waals surface area contributed by atoms with Gasteiger partial charge in [-0.2, -0.15) is 11.8 Å². The lowest BCUT2D eigenvalue weighted by Gasteiger charge is -2.46. The zero-order valence-electron chi connectivity index (χ0n) is 13.8. The molecule has 0 radical (unpaired) electrons. The Balaban J connectivity index is 1.48. The topological polar surface area (TPSA) is 12.0 Å². The SMILES string of the molecule is CC12CCCC(NC3CCCCC3)C1SC1CCCCC12. The molecule has 0 aromatic carbocycles. The summed E-state index contributed by atoms with van der Waals surface area (Å²) >= 11 is 2.41. The molecule has 0 aromatic heterocycles. The van der Waals surface area contributed by atoms with Crippen LogP contribution in [0.4, 0.5) is 0 Å². The molecule has 3 aliphatic carbocycles. The van der Waals surface area contributed by atoms with Crippen LogP contribution in [0.15, 0.2) is 0 Å². The molecule has 0 bridgehead atoms. The van der Waals surface area contributed by atoms with Crippen molar-refractivity contribution in [2.24, 2.45) is 11.3 Å². The van der Waals surface area contributed by atoms with E-state index in [4.69, 9.17) is 0 Å². The van der Waals surface area contributed by atoms with E-state index in [-0.39, 0.29) is 0 Å². The molecule has 0 amide bonds. The Morgan fingerprint density at radius 2 is 1.62 bits per heavy atom. The lowest BCUT2D eigenvalue weighted by Crippen LogP contribution is -2.53. The fourth-order valence-electron chi connectivity index (χ4n) is 6.05. The highest BCUT2D eigenvalue weighted by Crippen LogP contribution is 2.61. The molecule has 21 heavy (non-hydrogen) atoms. The van der Waals surface area contributed by atoms with Gasteiger partial charge < -0.3 is 5.32 Å². The van der Waals surface area contributed by atoms with Crippen molar-refractivity contribution in [3.63, 3.8) is 0 Å². The van der Waals surface area contributed by atoms with Crippen molar-refractivity contribution in [1.29, 1.82) is 0 Å². The molecule has 120 valence electrons. The van der Waals surface area contributed by atoms with Crippen molar-refractivity contribution in [1.82, 2.24) is 5.32 Å². The second-order valence-electron chi connectivity index (χ2n) is 8.49. The molecular weight excluding hydrogens is 274 g/mol. The molecular formula is C19H33NS. The van der Waals surface area contributed by atoms with E-state index in [9.17, 15) is 0 Å². The average Bonchev–Trinajstić information content (AvgIpc) is 2.83. The fourth-order valence-corrected chi connectivity index (χ4v) is 8.37. The summed E-state index contributed by atoms with van der Waals surface area (Å²) in [4.78, 5) is 0. The molecule has 0 spiro atoms. The summed E-state index contributed by atoms with van der Waals surface area (Å²) in [6, 6.07) is 1.66. The van der Waals surface area contributed by atoms with Crippen LogP contribution in [0.2, 0.25) is 0 Å². The molecule has 5 atom stereocenters. The minimum absolute atomic E-state index is 0.653. The van der Waals surface area contributed by atoms with E-state index in [0.717, 1.165) is 28.5 Å². The number of hydrogen-bond acceptors (Lipinski definition) is 2. The molecule has 4 aliphatic rings. The quantitative estimate of drug-likeness (QED) is 0.758. The van der Waals surface area contributed by atoms with E-state index in [2.05, 4.69) is 24.0 Å². The lowest BCUT2D eigenvalue weighted by atomic mass is 9.62. The maximum atomic E-state index is 4.14. The molecule has 1 nitrogen and oxygen atoms in total. The average molecular weight is 308 g/mol. The van der Waals surface area contributed by atoms with Crippen LogP contribution in [0.1, 0.15) is 84.0 Å². The summed E-state index contributed by atoms with van der Waals surface area (Å²) in [6.07, 6.45) is 17.8. The Morgan fingerprint density at radius 3 is 2.48 bits per heavy atom. The predicted octanol–water partition coefficient (Wildman–Crippen LogP) is 5.14. The van der Waals surface area contributed by atoms with Gasteiger partial charge in [-0.15, -0.1) is 0 Å². The van der Waals surface area contributed by atoms with Crippen molar-refractivity contribution in [3.8, 4) is 0 Å². The van der Waals surface area contributed by atoms with E-state index in [0.29, 0.717) is 5.41 Å². The van der Waals surface area contributed by atoms with Gasteiger partial charge in [0, 0.05) is 22.6 Å². The summed E-state index contributed by atoms with van der Waals surface area (Å²) < 4.78 is 0. The first-order valence-electron chi connectivity index (χ1n) is 9.69. The molecule has 2 heteroatoms. The van der Waals surface area contributed by atoms with Gasteiger partial charge in [0.2, 0.25) is 0 Å². The van der Waals surface area contributed by atoms with Gasteiger partial charge in [0.05, 0.1) is 0 Å². The highest BCUT2D eigenvalue weighted by molar-refractivity contribution is 8.00. The Kier molecular flexibility index (Phi) is 4.30. The number of fused-ring (bicyclic) bond motifs is 3. The summed E-state index contributed by atoms with van der Waals surface area (Å²) in [5.74, 6) is 1.04. The predicted molar refractivity (Wildman–Crippen MR) is 92.9 cm³/mol. The van der Waals surface area contributed by atoms with E-state index < -0.39 is 0 Å². The minimum Gasteiger partial charge on any atom is -0.310 e. The molecule has 0 aromatic rings. The maximum absolute atomic E-state index is 4.14. The third-order valence-electron chi connectivity index (χ3n) is 7.17. The van der Waals surface area contributed by atoms with Crippen LogP contribution in [0.25, 0.3) is 0 Å². The monoisotopic (exact) mass is 307 g/mol. The Morgan fingerprint density at radius 1 is 0.857 bits per heavy atom. The van der Waals surface area contributed by atoms with Gasteiger partial charge in [-0.3, -0.25) is 0 Å². The van der Waals surface area contributed by atoms with Crippen LogP contribution in [-0.2, 0) is 0 Å². The van der Waals surface area contributed by atoms with Gasteiger partial charge >= 0.3 is 0 Å². The van der Waals surface area contributed by atoms with E-state index >= 15 is 0 Å². The third-order valence-corrected chi connectivity index (χ3v) is 9.25. The van der Waals surface area contributed by atoms with Crippen LogP contribution in [0, 0.1) is 11.3 Å². The molecule has 1 N–H and O–H groups in total. The number of hydrogen-bond donors (Lipinski definition) is 1. The highest BCUT2D eigenvalue weighted by Gasteiger charge is 2.56. The molecule has 1 aliphatic heterocycles. The second-order valence-corrected chi connectivity index (χ2v) is 9.88. The van der Waals surface area contributed by atoms with Gasteiger partial charge in [0.1, 0.15) is 0 Å². The van der Waals surface area contributed by atoms with E-state index in [1.807, 2.05) is 0 Å². The molecule has 5 unspecified atom stereocenters. The zero-order valence-corrected chi connectivity index (χ0v) is 14.6. The Labute approximate surface area is 135 Å². The van der Waals surface area contributed by atoms with Gasteiger partial charge in [0.25, 0.3) is 0 Å². The highest BCUT2D eigenvalue weighted by atomic mass is 32.2. The first kappa shape index (κ1) is 14.9. The van der Waals surface area contributed by atoms with E-state index in [1.54, 1.807) is 0 Å². The summed E-state index contributed by atoms with van der Waals surface area (Å²) in [5, 5.41) is 6.06. The summed E-state index contributed by atoms with van der Waals surface area (Å²) in [7, 11) is 0. The summed E-state index contributed by atoms with van der Waals surface area (Å²) in [5.41, 5.74) is 0.653. The van der Waals surface area contributed by atoms with Gasteiger partial charge in [-0.05, 0) is 49.9 Å². The molecule has 1 heterocycles. The van der Waals surface area contributed by atoms with Crippen molar-refractivity contribution < 1.29 is 0 Å². The molecule has 4 rings (SSSR count). The van der Waals surface area contributed by atoms with Crippen molar-refractivity contribution >= 4 is 11.8 Å². The number of nitrogens with one attached hydrogen (secondary N) is 1. The third kappa shape index (κ3) is 2.69. The number of thioether (sulfide) groups is 1. The first-order chi connectivity index (χ1) is 10.3. The normalized spacial score (nSPS) is 47.9. The van der Waals surface area contributed by atoms with Crippen LogP contribution >= 0.6 is 11.8 Å². The Hall–Kier alpha value is 0.310. The van der Waals surface area contributed by atoms with Crippen molar-refractivity contribution in [2.75, 3.05) is 0 Å². The van der Waals surface area contributed by atoms with Gasteiger partial charge in [-0.25, -0.2) is 0 Å². The van der Waals surface area contributed by atoms with Crippen molar-refractivity contribution in [2.45, 2.75) is 107 Å². The largest absolute Gasteiger partial charge is 0.310 e. The first-order valence-corrected chi connectivity index (χ1v) is 10.6. The molecule has 1 saturated heterocycles. The van der Waals surface area contributed by atoms with E-state index in [1.165, 1.54) is 77.0 Å². The zero-order chi connectivity index (χ0) is 14.3. The lowest BCUT2D eigenvalue weighted by molar-refractivity contribution is 0.0958. The van der Waals surface area contributed by atoms with Gasteiger partial charge in [-0.1, -0.05) is 45.4 Å². The maximum Gasteiger partial charge on any atom is 0.0260 e. The van der Waals surface area contributed by atoms with Crippen LogP contribution in [-0.4, -0.2) is 22.6 Å². The standard InChI is InChI=1S/C19H33NS/c1-19-13-7-11-16(20-14-8-3-2-4-9-14)18(19)21-17-12-6-5-10-15(17)19/h14-18,20H,2-13H2,1H3. The minimum atomic E-state index is 0.653. The summed E-state index contributed by atoms with van der Waals surface area (Å²) in [6.45, 7) is 2.66. The number of rotatable bonds is 2. The van der Waals surface area contributed by atoms with Crippen LogP contribution in [0.3, 0.4) is 0 Å². The van der Waals surface area contributed by atoms with Crippen LogP contribution < -0.4 is 5.32 Å². The smallest absolute Gasteiger partial charge is 0.0260 e. The van der Waals surface area contributed by atoms with Gasteiger partial charge in [0.15, 0.2) is 0 Å². The van der Waals surface area contributed by atoms with Crippen LogP contribution in [0.5, 0.6) is 0 Å². The molecule has 3 saturated carbocycles. The Bertz CT molecular complexity index is 365. The fraction of sp³-hybridized carbons (Fsp3) is 1.00. The molecule has 4 fully saturated rings.